The fourth-order valence-corrected chi connectivity index (χ4v) is 3.64. The van der Waals surface area contributed by atoms with Crippen LogP contribution >= 0.6 is 0 Å². The third kappa shape index (κ3) is 3.54. The molecule has 4 atom stereocenters. The molecule has 2 heterocycles. The molecular weight excluding hydrogens is 264 g/mol. The Labute approximate surface area is 126 Å². The Hall–Kier alpha value is -1.16. The van der Waals surface area contributed by atoms with Crippen molar-refractivity contribution in [1.82, 2.24) is 0 Å². The van der Waals surface area contributed by atoms with Gasteiger partial charge in [-0.1, -0.05) is 42.5 Å². The molecule has 2 fully saturated rings. The second-order valence-corrected chi connectivity index (χ2v) is 6.01. The molecule has 2 aliphatic rings. The van der Waals surface area contributed by atoms with Crippen molar-refractivity contribution >= 4 is 0 Å². The van der Waals surface area contributed by atoms with Gasteiger partial charge < -0.3 is 14.6 Å². The minimum absolute atomic E-state index is 0.122. The molecule has 0 aromatic heterocycles. The van der Waals surface area contributed by atoms with E-state index in [2.05, 4.69) is 18.2 Å². The summed E-state index contributed by atoms with van der Waals surface area (Å²) in [6, 6.07) is 10.3. The number of hydrogen-bond acceptors (Lipinski definition) is 3. The summed E-state index contributed by atoms with van der Waals surface area (Å²) in [5.74, 6) is 1.04. The first-order valence-electron chi connectivity index (χ1n) is 7.91. The molecule has 0 radical (unpaired) electrons. The lowest BCUT2D eigenvalue weighted by Gasteiger charge is -2.27. The Morgan fingerprint density at radius 3 is 2.62 bits per heavy atom. The van der Waals surface area contributed by atoms with E-state index in [0.29, 0.717) is 30.7 Å². The van der Waals surface area contributed by atoms with Crippen LogP contribution in [0.3, 0.4) is 0 Å². The van der Waals surface area contributed by atoms with Gasteiger partial charge in [0.05, 0.1) is 32.0 Å². The van der Waals surface area contributed by atoms with E-state index < -0.39 is 0 Å². The van der Waals surface area contributed by atoms with E-state index in [-0.39, 0.29) is 6.61 Å². The zero-order valence-electron chi connectivity index (χ0n) is 12.4. The summed E-state index contributed by atoms with van der Waals surface area (Å²) in [5.41, 5.74) is 1.22. The molecular formula is C18H24O3. The van der Waals surface area contributed by atoms with Crippen LogP contribution in [-0.4, -0.2) is 30.5 Å². The molecule has 0 unspecified atom stereocenters. The fourth-order valence-electron chi connectivity index (χ4n) is 3.64. The summed E-state index contributed by atoms with van der Waals surface area (Å²) in [7, 11) is 0. The Balaban J connectivity index is 1.51. The molecule has 1 aromatic rings. The second-order valence-electron chi connectivity index (χ2n) is 6.01. The first-order valence-corrected chi connectivity index (χ1v) is 7.91. The van der Waals surface area contributed by atoms with Crippen LogP contribution in [0.4, 0.5) is 0 Å². The largest absolute Gasteiger partial charge is 0.392 e. The number of allylic oxidation sites excluding steroid dienone is 1. The molecule has 1 aromatic carbocycles. The maximum Gasteiger partial charge on any atom is 0.0717 e. The minimum Gasteiger partial charge on any atom is -0.392 e. The molecule has 2 saturated heterocycles. The molecule has 0 aliphatic carbocycles. The molecule has 3 heteroatoms. The molecule has 2 bridgehead atoms. The molecule has 114 valence electrons. The lowest BCUT2D eigenvalue weighted by atomic mass is 9.78. The van der Waals surface area contributed by atoms with Gasteiger partial charge in [0.2, 0.25) is 0 Å². The smallest absolute Gasteiger partial charge is 0.0717 e. The molecule has 1 N–H and O–H groups in total. The standard InChI is InChI=1S/C18H24O3/c19-11-5-4-8-15-16(18-10-9-17(15)21-18)13-20-12-14-6-2-1-3-7-14/h1-7,15-19H,8-13H2/t15-,16+,17-,18+/m0/s1. The van der Waals surface area contributed by atoms with Crippen molar-refractivity contribution in [3.05, 3.63) is 48.0 Å². The van der Waals surface area contributed by atoms with E-state index in [1.54, 1.807) is 0 Å². The molecule has 0 saturated carbocycles. The molecule has 21 heavy (non-hydrogen) atoms. The van der Waals surface area contributed by atoms with Crippen LogP contribution in [0.25, 0.3) is 0 Å². The fraction of sp³-hybridized carbons (Fsp3) is 0.556. The van der Waals surface area contributed by atoms with E-state index in [9.17, 15) is 0 Å². The number of fused-ring (bicyclic) bond motifs is 2. The average molecular weight is 288 g/mol. The van der Waals surface area contributed by atoms with Crippen LogP contribution in [0, 0.1) is 11.8 Å². The van der Waals surface area contributed by atoms with Gasteiger partial charge in [-0.2, -0.15) is 0 Å². The van der Waals surface area contributed by atoms with Gasteiger partial charge in [-0.25, -0.2) is 0 Å². The number of rotatable bonds is 7. The van der Waals surface area contributed by atoms with Crippen LogP contribution in [-0.2, 0) is 16.1 Å². The number of ether oxygens (including phenoxy) is 2. The first-order chi connectivity index (χ1) is 10.4. The number of hydrogen-bond donors (Lipinski definition) is 1. The summed E-state index contributed by atoms with van der Waals surface area (Å²) in [6.07, 6.45) is 8.01. The van der Waals surface area contributed by atoms with E-state index in [1.165, 1.54) is 18.4 Å². The van der Waals surface area contributed by atoms with Crippen molar-refractivity contribution < 1.29 is 14.6 Å². The molecule has 3 nitrogen and oxygen atoms in total. The first kappa shape index (κ1) is 14.8. The van der Waals surface area contributed by atoms with E-state index in [1.807, 2.05) is 24.3 Å². The third-order valence-electron chi connectivity index (χ3n) is 4.69. The van der Waals surface area contributed by atoms with Gasteiger partial charge >= 0.3 is 0 Å². The summed E-state index contributed by atoms with van der Waals surface area (Å²) in [4.78, 5) is 0. The van der Waals surface area contributed by atoms with Gasteiger partial charge in [-0.3, -0.25) is 0 Å². The van der Waals surface area contributed by atoms with Crippen molar-refractivity contribution in [1.29, 1.82) is 0 Å². The SMILES string of the molecule is OCC=CC[C@H]1[C@@H](COCc2ccccc2)[C@H]2CC[C@@H]1O2. The number of aliphatic hydroxyl groups excluding tert-OH is 1. The van der Waals surface area contributed by atoms with Gasteiger partial charge in [0.15, 0.2) is 0 Å². The maximum atomic E-state index is 8.86. The van der Waals surface area contributed by atoms with Crippen molar-refractivity contribution in [3.8, 4) is 0 Å². The summed E-state index contributed by atoms with van der Waals surface area (Å²) < 4.78 is 12.0. The van der Waals surface area contributed by atoms with Crippen LogP contribution in [0.5, 0.6) is 0 Å². The third-order valence-corrected chi connectivity index (χ3v) is 4.69. The van der Waals surface area contributed by atoms with Crippen molar-refractivity contribution in [2.24, 2.45) is 11.8 Å². The highest BCUT2D eigenvalue weighted by Gasteiger charge is 2.48. The highest BCUT2D eigenvalue weighted by molar-refractivity contribution is 5.13. The highest BCUT2D eigenvalue weighted by atomic mass is 16.5. The van der Waals surface area contributed by atoms with Gasteiger partial charge in [-0.15, -0.1) is 0 Å². The van der Waals surface area contributed by atoms with Crippen LogP contribution in [0.1, 0.15) is 24.8 Å². The van der Waals surface area contributed by atoms with Crippen molar-refractivity contribution in [2.45, 2.75) is 38.1 Å². The van der Waals surface area contributed by atoms with Crippen molar-refractivity contribution in [2.75, 3.05) is 13.2 Å². The minimum atomic E-state index is 0.122. The Bertz CT molecular complexity index is 457. The van der Waals surface area contributed by atoms with E-state index >= 15 is 0 Å². The Morgan fingerprint density at radius 2 is 1.86 bits per heavy atom. The lowest BCUT2D eigenvalue weighted by molar-refractivity contribution is 0.0419. The van der Waals surface area contributed by atoms with Crippen molar-refractivity contribution in [3.63, 3.8) is 0 Å². The summed E-state index contributed by atoms with van der Waals surface area (Å²) in [6.45, 7) is 1.57. The maximum absolute atomic E-state index is 8.86. The summed E-state index contributed by atoms with van der Waals surface area (Å²) in [5, 5.41) is 8.86. The topological polar surface area (TPSA) is 38.7 Å². The molecule has 0 amide bonds. The summed E-state index contributed by atoms with van der Waals surface area (Å²) >= 11 is 0. The average Bonchev–Trinajstić information content (AvgIpc) is 3.11. The molecule has 0 spiro atoms. The highest BCUT2D eigenvalue weighted by Crippen LogP contribution is 2.45. The Kier molecular flexibility index (Phi) is 5.07. The number of aliphatic hydroxyl groups is 1. The lowest BCUT2D eigenvalue weighted by Crippen LogP contribution is -2.30. The van der Waals surface area contributed by atoms with E-state index in [0.717, 1.165) is 13.0 Å². The second kappa shape index (κ2) is 7.21. The predicted octanol–water partition coefficient (Wildman–Crippen LogP) is 2.94. The monoisotopic (exact) mass is 288 g/mol. The molecule has 2 aliphatic heterocycles. The predicted molar refractivity (Wildman–Crippen MR) is 81.8 cm³/mol. The zero-order valence-corrected chi connectivity index (χ0v) is 12.4. The number of benzene rings is 1. The van der Waals surface area contributed by atoms with Gasteiger partial charge in [0.25, 0.3) is 0 Å². The van der Waals surface area contributed by atoms with Gasteiger partial charge in [0, 0.05) is 5.92 Å². The van der Waals surface area contributed by atoms with Gasteiger partial charge in [0.1, 0.15) is 0 Å². The van der Waals surface area contributed by atoms with Gasteiger partial charge in [-0.05, 0) is 30.7 Å². The molecule has 3 rings (SSSR count). The van der Waals surface area contributed by atoms with E-state index in [4.69, 9.17) is 14.6 Å². The Morgan fingerprint density at radius 1 is 1.10 bits per heavy atom. The van der Waals surface area contributed by atoms with Crippen LogP contribution < -0.4 is 0 Å². The van der Waals surface area contributed by atoms with Crippen LogP contribution in [0.2, 0.25) is 0 Å². The van der Waals surface area contributed by atoms with Crippen LogP contribution in [0.15, 0.2) is 42.5 Å². The zero-order chi connectivity index (χ0) is 14.5. The normalized spacial score (nSPS) is 31.3. The quantitative estimate of drug-likeness (QED) is 0.784.